The van der Waals surface area contributed by atoms with Crippen LogP contribution in [-0.2, 0) is 13.0 Å². The summed E-state index contributed by atoms with van der Waals surface area (Å²) in [5.41, 5.74) is 2.83. The Kier molecular flexibility index (Phi) is 6.26. The van der Waals surface area contributed by atoms with Gasteiger partial charge in [-0.3, -0.25) is 9.89 Å². The summed E-state index contributed by atoms with van der Waals surface area (Å²) in [7, 11) is 1.95. The second-order valence-corrected chi connectivity index (χ2v) is 6.37. The number of hydrogen-bond acceptors (Lipinski definition) is 3. The first-order valence-corrected chi connectivity index (χ1v) is 8.31. The molecule has 2 N–H and O–H groups in total. The van der Waals surface area contributed by atoms with Gasteiger partial charge in [0.1, 0.15) is 0 Å². The molecule has 0 bridgehead atoms. The van der Waals surface area contributed by atoms with E-state index >= 15 is 0 Å². The summed E-state index contributed by atoms with van der Waals surface area (Å²) in [5.74, 6) is 0.0850. The largest absolute Gasteiger partial charge is 0.337 e. The van der Waals surface area contributed by atoms with Gasteiger partial charge >= 0.3 is 0 Å². The number of nitrogens with one attached hydrogen (secondary N) is 2. The fourth-order valence-corrected chi connectivity index (χ4v) is 3.56. The van der Waals surface area contributed by atoms with E-state index in [-0.39, 0.29) is 18.3 Å². The highest BCUT2D eigenvalue weighted by molar-refractivity contribution is 5.94. The van der Waals surface area contributed by atoms with Gasteiger partial charge in [-0.05, 0) is 12.8 Å². The Morgan fingerprint density at radius 2 is 1.86 bits per heavy atom. The van der Waals surface area contributed by atoms with E-state index in [9.17, 15) is 4.79 Å². The molecule has 0 saturated heterocycles. The number of amides is 1. The van der Waals surface area contributed by atoms with Crippen molar-refractivity contribution in [3.63, 3.8) is 0 Å². The molecule has 0 radical (unpaired) electrons. The van der Waals surface area contributed by atoms with Crippen molar-refractivity contribution in [3.8, 4) is 0 Å². The highest BCUT2D eigenvalue weighted by Crippen LogP contribution is 2.23. The number of nitrogens with zero attached hydrogens (tertiary/aromatic N) is 2. The molecular weight excluding hydrogens is 300 g/mol. The lowest BCUT2D eigenvalue weighted by atomic mass is 9.95. The van der Waals surface area contributed by atoms with Gasteiger partial charge < -0.3 is 10.2 Å². The van der Waals surface area contributed by atoms with Crippen molar-refractivity contribution in [1.29, 1.82) is 0 Å². The van der Waals surface area contributed by atoms with E-state index in [4.69, 9.17) is 0 Å². The molecule has 1 aliphatic carbocycles. The molecule has 1 aromatic heterocycles. The second kappa shape index (κ2) is 7.97. The molecule has 0 atom stereocenters. The molecule has 2 heterocycles. The van der Waals surface area contributed by atoms with Crippen molar-refractivity contribution in [2.75, 3.05) is 13.6 Å². The Morgan fingerprint density at radius 1 is 1.18 bits per heavy atom. The Bertz CT molecular complexity index is 494. The summed E-state index contributed by atoms with van der Waals surface area (Å²) < 4.78 is 0. The molecule has 0 aromatic carbocycles. The molecule has 5 nitrogen and oxygen atoms in total. The first-order chi connectivity index (χ1) is 10.3. The van der Waals surface area contributed by atoms with Gasteiger partial charge in [-0.2, -0.15) is 5.10 Å². The molecule has 1 aliphatic heterocycles. The van der Waals surface area contributed by atoms with Gasteiger partial charge in [0.15, 0.2) is 5.69 Å². The summed E-state index contributed by atoms with van der Waals surface area (Å²) >= 11 is 0. The van der Waals surface area contributed by atoms with E-state index in [1.807, 2.05) is 11.9 Å². The van der Waals surface area contributed by atoms with Gasteiger partial charge in [0.2, 0.25) is 0 Å². The van der Waals surface area contributed by atoms with Crippen molar-refractivity contribution >= 4 is 18.3 Å². The SMILES string of the molecule is CN(C(=O)c1n[nH]c2c1CNCC2)C1CCCCCCC1.Cl. The van der Waals surface area contributed by atoms with Crippen LogP contribution in [0.4, 0.5) is 0 Å². The number of carbonyl (C=O) groups excluding carboxylic acids is 1. The normalized spacial score (nSPS) is 19.5. The summed E-state index contributed by atoms with van der Waals surface area (Å²) in [6.07, 6.45) is 9.64. The van der Waals surface area contributed by atoms with Crippen LogP contribution in [0.2, 0.25) is 0 Å². The third-order valence-corrected chi connectivity index (χ3v) is 4.95. The number of rotatable bonds is 2. The Balaban J connectivity index is 0.00000176. The molecule has 0 spiro atoms. The number of carbonyl (C=O) groups is 1. The molecular formula is C16H27ClN4O. The van der Waals surface area contributed by atoms with Gasteiger partial charge in [-0.15, -0.1) is 12.4 Å². The lowest BCUT2D eigenvalue weighted by Crippen LogP contribution is -2.38. The quantitative estimate of drug-likeness (QED) is 0.878. The topological polar surface area (TPSA) is 61.0 Å². The van der Waals surface area contributed by atoms with Crippen molar-refractivity contribution < 1.29 is 4.79 Å². The highest BCUT2D eigenvalue weighted by atomic mass is 35.5. The minimum atomic E-state index is 0. The van der Waals surface area contributed by atoms with Crippen molar-refractivity contribution in [2.24, 2.45) is 0 Å². The maximum atomic E-state index is 12.8. The van der Waals surface area contributed by atoms with Crippen LogP contribution in [0.3, 0.4) is 0 Å². The number of halogens is 1. The smallest absolute Gasteiger partial charge is 0.274 e. The van der Waals surface area contributed by atoms with Crippen molar-refractivity contribution in [1.82, 2.24) is 20.4 Å². The molecule has 1 saturated carbocycles. The minimum absolute atomic E-state index is 0. The summed E-state index contributed by atoms with van der Waals surface area (Å²) in [6.45, 7) is 1.71. The number of H-pyrrole nitrogens is 1. The fraction of sp³-hybridized carbons (Fsp3) is 0.750. The van der Waals surface area contributed by atoms with Crippen LogP contribution in [0, 0.1) is 0 Å². The van der Waals surface area contributed by atoms with E-state index in [0.717, 1.165) is 43.6 Å². The maximum absolute atomic E-state index is 12.8. The first-order valence-electron chi connectivity index (χ1n) is 8.31. The average Bonchev–Trinajstić information content (AvgIpc) is 2.89. The average molecular weight is 327 g/mol. The van der Waals surface area contributed by atoms with Gasteiger partial charge in [0.25, 0.3) is 5.91 Å². The number of aromatic amines is 1. The highest BCUT2D eigenvalue weighted by Gasteiger charge is 2.27. The molecule has 0 unspecified atom stereocenters. The lowest BCUT2D eigenvalue weighted by molar-refractivity contribution is 0.0699. The Morgan fingerprint density at radius 3 is 2.59 bits per heavy atom. The zero-order valence-electron chi connectivity index (χ0n) is 13.4. The molecule has 1 aromatic rings. The van der Waals surface area contributed by atoms with Crippen LogP contribution in [-0.4, -0.2) is 40.6 Å². The summed E-state index contributed by atoms with van der Waals surface area (Å²) in [5, 5.41) is 10.7. The van der Waals surface area contributed by atoms with Gasteiger partial charge in [0, 0.05) is 43.9 Å². The van der Waals surface area contributed by atoms with E-state index < -0.39 is 0 Å². The summed E-state index contributed by atoms with van der Waals surface area (Å²) in [6, 6.07) is 0.377. The van der Waals surface area contributed by atoms with E-state index in [2.05, 4.69) is 15.5 Å². The Labute approximate surface area is 138 Å². The van der Waals surface area contributed by atoms with Gasteiger partial charge in [-0.25, -0.2) is 0 Å². The molecule has 6 heteroatoms. The number of aromatic nitrogens is 2. The van der Waals surface area contributed by atoms with Crippen LogP contribution in [0.5, 0.6) is 0 Å². The third-order valence-electron chi connectivity index (χ3n) is 4.95. The summed E-state index contributed by atoms with van der Waals surface area (Å²) in [4.78, 5) is 14.7. The molecule has 124 valence electrons. The monoisotopic (exact) mass is 326 g/mol. The number of fused-ring (bicyclic) bond motifs is 1. The lowest BCUT2D eigenvalue weighted by Gasteiger charge is -2.29. The van der Waals surface area contributed by atoms with Crippen molar-refractivity contribution in [3.05, 3.63) is 17.0 Å². The van der Waals surface area contributed by atoms with Crippen LogP contribution >= 0.6 is 12.4 Å². The second-order valence-electron chi connectivity index (χ2n) is 6.37. The molecule has 2 aliphatic rings. The predicted octanol–water partition coefficient (Wildman–Crippen LogP) is 2.66. The molecule has 1 amide bonds. The van der Waals surface area contributed by atoms with Crippen LogP contribution in [0.1, 0.15) is 66.7 Å². The number of hydrogen-bond donors (Lipinski definition) is 2. The third kappa shape index (κ3) is 3.63. The fourth-order valence-electron chi connectivity index (χ4n) is 3.56. The van der Waals surface area contributed by atoms with Crippen LogP contribution < -0.4 is 5.32 Å². The predicted molar refractivity (Wildman–Crippen MR) is 89.4 cm³/mol. The Hall–Kier alpha value is -1.07. The zero-order chi connectivity index (χ0) is 14.7. The molecule has 3 rings (SSSR count). The van der Waals surface area contributed by atoms with Crippen LogP contribution in [0.15, 0.2) is 0 Å². The standard InChI is InChI=1S/C16H26N4O.ClH/c1-20(12-7-5-3-2-4-6-8-12)16(21)15-13-11-17-10-9-14(13)18-19-15;/h12,17H,2-11H2,1H3,(H,18,19);1H. The van der Waals surface area contributed by atoms with E-state index in [0.29, 0.717) is 11.7 Å². The van der Waals surface area contributed by atoms with Gasteiger partial charge in [0.05, 0.1) is 0 Å². The van der Waals surface area contributed by atoms with E-state index in [1.54, 1.807) is 0 Å². The molecule has 1 fully saturated rings. The zero-order valence-corrected chi connectivity index (χ0v) is 14.2. The van der Waals surface area contributed by atoms with Gasteiger partial charge in [-0.1, -0.05) is 32.1 Å². The van der Waals surface area contributed by atoms with Crippen LogP contribution in [0.25, 0.3) is 0 Å². The first kappa shape index (κ1) is 17.3. The van der Waals surface area contributed by atoms with E-state index in [1.165, 1.54) is 32.1 Å². The van der Waals surface area contributed by atoms with Crippen molar-refractivity contribution in [2.45, 2.75) is 64.0 Å². The maximum Gasteiger partial charge on any atom is 0.274 e. The molecule has 22 heavy (non-hydrogen) atoms. The minimum Gasteiger partial charge on any atom is -0.337 e.